The van der Waals surface area contributed by atoms with Crippen molar-refractivity contribution in [1.82, 2.24) is 10.7 Å². The van der Waals surface area contributed by atoms with Crippen LogP contribution in [-0.2, 0) is 4.74 Å². The van der Waals surface area contributed by atoms with Gasteiger partial charge in [-0.3, -0.25) is 5.43 Å². The molecule has 0 aromatic carbocycles. The van der Waals surface area contributed by atoms with Gasteiger partial charge in [-0.25, -0.2) is 0 Å². The second kappa shape index (κ2) is 8.78. The molecule has 2 heterocycles. The number of anilines is 1. The summed E-state index contributed by atoms with van der Waals surface area (Å²) in [7, 11) is 0. The molecule has 0 spiro atoms. The largest absolute Gasteiger partial charge is 0.378 e. The first-order chi connectivity index (χ1) is 11.7. The van der Waals surface area contributed by atoms with Crippen molar-refractivity contribution in [2.75, 3.05) is 31.2 Å². The zero-order valence-electron chi connectivity index (χ0n) is 14.2. The van der Waals surface area contributed by atoms with Crippen molar-refractivity contribution in [2.45, 2.75) is 38.6 Å². The van der Waals surface area contributed by atoms with Gasteiger partial charge in [0.15, 0.2) is 5.11 Å². The number of hydrogen-bond acceptors (Lipinski definition) is 5. The lowest BCUT2D eigenvalue weighted by Crippen LogP contribution is -2.44. The molecule has 1 aliphatic heterocycles. The van der Waals surface area contributed by atoms with E-state index in [9.17, 15) is 0 Å². The van der Waals surface area contributed by atoms with Gasteiger partial charge in [0, 0.05) is 24.0 Å². The van der Waals surface area contributed by atoms with Crippen molar-refractivity contribution in [3.63, 3.8) is 0 Å². The Morgan fingerprint density at radius 1 is 1.33 bits per heavy atom. The zero-order chi connectivity index (χ0) is 16.8. The lowest BCUT2D eigenvalue weighted by Gasteiger charge is -2.30. The third-order valence-electron chi connectivity index (χ3n) is 4.72. The Kier molecular flexibility index (Phi) is 6.45. The van der Waals surface area contributed by atoms with E-state index in [2.05, 4.69) is 39.8 Å². The summed E-state index contributed by atoms with van der Waals surface area (Å²) in [5.74, 6) is 0.677. The van der Waals surface area contributed by atoms with Crippen LogP contribution in [0.1, 0.15) is 37.5 Å². The van der Waals surface area contributed by atoms with Crippen LogP contribution in [0.3, 0.4) is 0 Å². The highest BCUT2D eigenvalue weighted by Gasteiger charge is 2.21. The second-order valence-electron chi connectivity index (χ2n) is 6.49. The lowest BCUT2D eigenvalue weighted by molar-refractivity contribution is 0.123. The molecule has 24 heavy (non-hydrogen) atoms. The predicted octanol–water partition coefficient (Wildman–Crippen LogP) is 2.96. The molecular formula is C17H26N4OS2. The molecule has 2 N–H and O–H groups in total. The van der Waals surface area contributed by atoms with Crippen LogP contribution in [0.5, 0.6) is 0 Å². The number of nitrogens with zero attached hydrogens (tertiary/aromatic N) is 2. The van der Waals surface area contributed by atoms with Gasteiger partial charge in [-0.1, -0.05) is 19.8 Å². The maximum atomic E-state index is 5.39. The molecular weight excluding hydrogens is 340 g/mol. The fourth-order valence-corrected chi connectivity index (χ4v) is 4.39. The Hall–Kier alpha value is -1.18. The smallest absolute Gasteiger partial charge is 0.187 e. The Labute approximate surface area is 153 Å². The van der Waals surface area contributed by atoms with Gasteiger partial charge in [0.05, 0.1) is 24.4 Å². The van der Waals surface area contributed by atoms with E-state index in [-0.39, 0.29) is 0 Å². The van der Waals surface area contributed by atoms with Crippen molar-refractivity contribution in [3.05, 3.63) is 17.0 Å². The van der Waals surface area contributed by atoms with Crippen LogP contribution in [0.2, 0.25) is 0 Å². The first-order valence-corrected chi connectivity index (χ1v) is 9.97. The van der Waals surface area contributed by atoms with E-state index >= 15 is 0 Å². The molecule has 0 unspecified atom stereocenters. The zero-order valence-corrected chi connectivity index (χ0v) is 15.8. The number of rotatable bonds is 4. The highest BCUT2D eigenvalue weighted by molar-refractivity contribution is 7.80. The van der Waals surface area contributed by atoms with Gasteiger partial charge in [0.25, 0.3) is 0 Å². The van der Waals surface area contributed by atoms with Crippen molar-refractivity contribution < 1.29 is 4.74 Å². The average Bonchev–Trinajstić information content (AvgIpc) is 3.07. The predicted molar refractivity (Wildman–Crippen MR) is 105 cm³/mol. The van der Waals surface area contributed by atoms with Crippen LogP contribution in [0, 0.1) is 5.92 Å². The topological polar surface area (TPSA) is 48.9 Å². The van der Waals surface area contributed by atoms with Crippen molar-refractivity contribution >= 4 is 39.9 Å². The summed E-state index contributed by atoms with van der Waals surface area (Å²) in [4.78, 5) is 3.48. The van der Waals surface area contributed by atoms with E-state index in [1.54, 1.807) is 11.3 Å². The van der Waals surface area contributed by atoms with Crippen LogP contribution in [0.4, 0.5) is 5.00 Å². The monoisotopic (exact) mass is 366 g/mol. The van der Waals surface area contributed by atoms with Crippen molar-refractivity contribution in [1.29, 1.82) is 0 Å². The number of hydrogen-bond donors (Lipinski definition) is 2. The van der Waals surface area contributed by atoms with E-state index in [4.69, 9.17) is 17.0 Å². The number of morpholine rings is 1. The van der Waals surface area contributed by atoms with Crippen LogP contribution in [-0.4, -0.2) is 43.7 Å². The highest BCUT2D eigenvalue weighted by atomic mass is 32.1. The van der Waals surface area contributed by atoms with E-state index < -0.39 is 0 Å². The summed E-state index contributed by atoms with van der Waals surface area (Å²) in [5, 5.41) is 9.57. The standard InChI is InChI=1S/C17H26N4OS2/c1-13-4-2-3-5-15(13)19-17(23)20-18-12-14-6-7-16(24-14)21-8-10-22-11-9-21/h6-7,12-13,15H,2-5,8-11H2,1H3,(H2,19,20,23)/b18-12-/t13-,15-/m0/s1. The Morgan fingerprint density at radius 3 is 2.92 bits per heavy atom. The van der Waals surface area contributed by atoms with E-state index in [1.807, 2.05) is 6.21 Å². The maximum absolute atomic E-state index is 5.39. The first-order valence-electron chi connectivity index (χ1n) is 8.74. The minimum Gasteiger partial charge on any atom is -0.378 e. The van der Waals surface area contributed by atoms with E-state index in [1.165, 1.54) is 30.7 Å². The molecule has 2 fully saturated rings. The Bertz CT molecular complexity index is 569. The lowest BCUT2D eigenvalue weighted by atomic mass is 9.86. The molecule has 132 valence electrons. The second-order valence-corrected chi connectivity index (χ2v) is 7.99. The van der Waals surface area contributed by atoms with Crippen LogP contribution < -0.4 is 15.6 Å². The minimum atomic E-state index is 0.476. The maximum Gasteiger partial charge on any atom is 0.187 e. The SMILES string of the molecule is C[C@H]1CCCC[C@@H]1NC(=S)N/N=C\c1ccc(N2CCOCC2)s1. The molecule has 7 heteroatoms. The summed E-state index contributed by atoms with van der Waals surface area (Å²) in [6, 6.07) is 4.72. The summed E-state index contributed by atoms with van der Waals surface area (Å²) < 4.78 is 5.39. The van der Waals surface area contributed by atoms with Crippen LogP contribution >= 0.6 is 23.6 Å². The normalized spacial score (nSPS) is 25.0. The number of thiophene rings is 1. The van der Waals surface area contributed by atoms with Crippen LogP contribution in [0.15, 0.2) is 17.2 Å². The molecule has 1 saturated heterocycles. The summed E-state index contributed by atoms with van der Waals surface area (Å²) in [5.41, 5.74) is 2.95. The molecule has 0 radical (unpaired) electrons. The third-order valence-corrected chi connectivity index (χ3v) is 6.01. The molecule has 2 atom stereocenters. The molecule has 5 nitrogen and oxygen atoms in total. The minimum absolute atomic E-state index is 0.476. The average molecular weight is 367 g/mol. The molecule has 2 aliphatic rings. The molecule has 1 saturated carbocycles. The highest BCUT2D eigenvalue weighted by Crippen LogP contribution is 2.25. The van der Waals surface area contributed by atoms with Crippen molar-refractivity contribution in [2.24, 2.45) is 11.0 Å². The van der Waals surface area contributed by atoms with E-state index in [0.717, 1.165) is 31.2 Å². The summed E-state index contributed by atoms with van der Waals surface area (Å²) >= 11 is 7.10. The van der Waals surface area contributed by atoms with Gasteiger partial charge in [-0.05, 0) is 43.1 Å². The van der Waals surface area contributed by atoms with Gasteiger partial charge in [0.1, 0.15) is 0 Å². The van der Waals surface area contributed by atoms with Gasteiger partial charge in [-0.2, -0.15) is 5.10 Å². The number of nitrogens with one attached hydrogen (secondary N) is 2. The molecule has 1 aliphatic carbocycles. The fourth-order valence-electron chi connectivity index (χ4n) is 3.25. The van der Waals surface area contributed by atoms with Gasteiger partial charge in [-0.15, -0.1) is 11.3 Å². The molecule has 1 aromatic rings. The Morgan fingerprint density at radius 2 is 2.12 bits per heavy atom. The number of hydrazone groups is 1. The Balaban J connectivity index is 1.45. The summed E-state index contributed by atoms with van der Waals surface area (Å²) in [6.07, 6.45) is 6.94. The summed E-state index contributed by atoms with van der Waals surface area (Å²) in [6.45, 7) is 5.83. The molecule has 3 rings (SSSR count). The fraction of sp³-hybridized carbons (Fsp3) is 0.647. The molecule has 1 aromatic heterocycles. The number of thiocarbonyl (C=S) groups is 1. The van der Waals surface area contributed by atoms with Gasteiger partial charge >= 0.3 is 0 Å². The van der Waals surface area contributed by atoms with Gasteiger partial charge < -0.3 is 15.0 Å². The number of ether oxygens (including phenoxy) is 1. The molecule has 0 bridgehead atoms. The quantitative estimate of drug-likeness (QED) is 0.487. The van der Waals surface area contributed by atoms with Crippen molar-refractivity contribution in [3.8, 4) is 0 Å². The first kappa shape index (κ1) is 17.6. The molecule has 0 amide bonds. The third kappa shape index (κ3) is 4.91. The van der Waals surface area contributed by atoms with Crippen LogP contribution in [0.25, 0.3) is 0 Å². The van der Waals surface area contributed by atoms with Gasteiger partial charge in [0.2, 0.25) is 0 Å². The van der Waals surface area contributed by atoms with E-state index in [0.29, 0.717) is 17.1 Å².